The molecule has 2 aliphatic rings. The number of rotatable bonds is 5. The Bertz CT molecular complexity index is 1840. The smallest absolute Gasteiger partial charge is 0.327 e. The highest BCUT2D eigenvalue weighted by Crippen LogP contribution is 2.38. The fraction of sp³-hybridized carbons (Fsp3) is 0.367. The van der Waals surface area contributed by atoms with Gasteiger partial charge in [-0.15, -0.1) is 24.8 Å². The number of likely N-dealkylation sites (tertiary alicyclic amines) is 1. The maximum absolute atomic E-state index is 13.7. The third-order valence-corrected chi connectivity index (χ3v) is 8.91. The molecule has 0 atom stereocenters. The highest BCUT2D eigenvalue weighted by molar-refractivity contribution is 6.33. The van der Waals surface area contributed by atoms with Crippen LogP contribution in [0.15, 0.2) is 59.9 Å². The van der Waals surface area contributed by atoms with E-state index in [0.717, 1.165) is 59.7 Å². The van der Waals surface area contributed by atoms with E-state index in [-0.39, 0.29) is 49.0 Å². The van der Waals surface area contributed by atoms with Gasteiger partial charge in [0.25, 0.3) is 0 Å². The molecule has 2 saturated heterocycles. The number of carbonyl (C=O) groups is 1. The predicted molar refractivity (Wildman–Crippen MR) is 177 cm³/mol. The molecule has 0 unspecified atom stereocenters. The zero-order valence-electron chi connectivity index (χ0n) is 24.2. The van der Waals surface area contributed by atoms with E-state index in [0.29, 0.717) is 36.6 Å². The van der Waals surface area contributed by atoms with Crippen molar-refractivity contribution in [3.8, 4) is 11.1 Å². The lowest BCUT2D eigenvalue weighted by atomic mass is 10.0. The van der Waals surface area contributed by atoms with Crippen LogP contribution in [-0.4, -0.2) is 91.1 Å². The number of aromatic nitrogens is 6. The Hall–Kier alpha value is -3.64. The van der Waals surface area contributed by atoms with Crippen molar-refractivity contribution >= 4 is 70.3 Å². The predicted octanol–water partition coefficient (Wildman–Crippen LogP) is 4.25. The second kappa shape index (κ2) is 13.2. The first-order chi connectivity index (χ1) is 20.5. The number of imidazole rings is 1. The normalized spacial score (nSPS) is 16.2. The molecule has 6 heterocycles. The number of halogens is 3. The number of pyridine rings is 1. The lowest BCUT2D eigenvalue weighted by Crippen LogP contribution is -2.44. The third kappa shape index (κ3) is 5.77. The Morgan fingerprint density at radius 2 is 1.70 bits per heavy atom. The van der Waals surface area contributed by atoms with Gasteiger partial charge in [-0.1, -0.05) is 29.8 Å². The number of benzene rings is 1. The van der Waals surface area contributed by atoms with Crippen LogP contribution in [-0.2, 0) is 11.3 Å². The number of fused-ring (bicyclic) bond motifs is 2. The van der Waals surface area contributed by atoms with Crippen LogP contribution < -0.4 is 10.6 Å². The van der Waals surface area contributed by atoms with Crippen LogP contribution in [0.3, 0.4) is 0 Å². The first kappa shape index (κ1) is 31.8. The third-order valence-electron chi connectivity index (χ3n) is 8.58. The maximum atomic E-state index is 13.7. The lowest BCUT2D eigenvalue weighted by molar-refractivity contribution is -0.133. The summed E-state index contributed by atoms with van der Waals surface area (Å²) in [5, 5.41) is 1.55. The van der Waals surface area contributed by atoms with E-state index in [1.165, 1.54) is 0 Å². The van der Waals surface area contributed by atoms with Gasteiger partial charge in [0.15, 0.2) is 5.65 Å². The summed E-state index contributed by atoms with van der Waals surface area (Å²) in [5.74, 6) is 0.887. The molecular weight excluding hydrogens is 625 g/mol. The van der Waals surface area contributed by atoms with Crippen molar-refractivity contribution < 1.29 is 4.79 Å². The van der Waals surface area contributed by atoms with Crippen LogP contribution in [0.2, 0.25) is 5.02 Å². The van der Waals surface area contributed by atoms with Crippen LogP contribution in [0.4, 0.5) is 5.82 Å². The van der Waals surface area contributed by atoms with Crippen LogP contribution in [0.5, 0.6) is 0 Å². The van der Waals surface area contributed by atoms with E-state index in [4.69, 9.17) is 16.6 Å². The zero-order valence-corrected chi connectivity index (χ0v) is 26.6. The Kier molecular flexibility index (Phi) is 9.50. The SMILES string of the molecule is CN1CCN(c2ncnc3c2c(-c2ccccc2Cl)cn3CC(=O)N2CCC(n3c(=O)[nH]c4ncccc43)CC2)CC1.Cl.Cl. The van der Waals surface area contributed by atoms with Gasteiger partial charge in [0.2, 0.25) is 5.91 Å². The second-order valence-electron chi connectivity index (χ2n) is 11.1. The number of aromatic amines is 1. The number of carbonyl (C=O) groups excluding carboxylic acids is 1. The lowest BCUT2D eigenvalue weighted by Gasteiger charge is -2.33. The molecule has 2 aliphatic heterocycles. The van der Waals surface area contributed by atoms with Crippen molar-refractivity contribution in [3.63, 3.8) is 0 Å². The Labute approximate surface area is 271 Å². The largest absolute Gasteiger partial charge is 0.353 e. The number of amides is 1. The number of H-pyrrole nitrogens is 1. The van der Waals surface area contributed by atoms with E-state index in [2.05, 4.69) is 31.8 Å². The van der Waals surface area contributed by atoms with Gasteiger partial charge >= 0.3 is 5.69 Å². The summed E-state index contributed by atoms with van der Waals surface area (Å²) in [5.41, 5.74) is 3.76. The number of piperidine rings is 1. The van der Waals surface area contributed by atoms with E-state index in [1.807, 2.05) is 52.1 Å². The van der Waals surface area contributed by atoms with Gasteiger partial charge in [-0.05, 0) is 38.1 Å². The van der Waals surface area contributed by atoms with Crippen molar-refractivity contribution in [1.29, 1.82) is 0 Å². The zero-order chi connectivity index (χ0) is 28.8. The maximum Gasteiger partial charge on any atom is 0.327 e. The van der Waals surface area contributed by atoms with Crippen molar-refractivity contribution in [2.75, 3.05) is 51.2 Å². The average molecular weight is 659 g/mol. The van der Waals surface area contributed by atoms with E-state index in [9.17, 15) is 9.59 Å². The number of anilines is 1. The molecule has 1 aromatic carbocycles. The topological polar surface area (TPSA) is 108 Å². The molecule has 4 aromatic heterocycles. The quantitative estimate of drug-likeness (QED) is 0.301. The molecule has 1 N–H and O–H groups in total. The molecule has 11 nitrogen and oxygen atoms in total. The van der Waals surface area contributed by atoms with Crippen LogP contribution in [0.1, 0.15) is 18.9 Å². The van der Waals surface area contributed by atoms with Gasteiger partial charge in [-0.25, -0.2) is 19.7 Å². The molecule has 1 amide bonds. The van der Waals surface area contributed by atoms with Gasteiger partial charge in [0.05, 0.1) is 10.9 Å². The minimum atomic E-state index is -0.157. The standard InChI is InChI=1S/C30H32ClN9O2.2ClH/c1-36-13-15-38(16-14-36)28-26-22(21-5-2-3-6-23(21)31)17-39(29(26)34-19-33-28)18-25(41)37-11-8-20(9-12-37)40-24-7-4-10-32-27(24)35-30(40)42;;/h2-7,10,17,19-20H,8-9,11-16,18H2,1H3,(H,32,35,42);2*1H. The summed E-state index contributed by atoms with van der Waals surface area (Å²) in [6.45, 7) is 4.91. The summed E-state index contributed by atoms with van der Waals surface area (Å²) in [6.07, 6.45) is 6.64. The molecule has 7 rings (SSSR count). The van der Waals surface area contributed by atoms with E-state index < -0.39 is 0 Å². The van der Waals surface area contributed by atoms with E-state index in [1.54, 1.807) is 17.1 Å². The molecule has 5 aromatic rings. The molecular formula is C30H34Cl3N9O2. The average Bonchev–Trinajstić information content (AvgIpc) is 3.54. The number of piperazine rings is 1. The Morgan fingerprint density at radius 1 is 0.955 bits per heavy atom. The van der Waals surface area contributed by atoms with Crippen LogP contribution in [0.25, 0.3) is 33.3 Å². The first-order valence-corrected chi connectivity index (χ1v) is 14.7. The Balaban J connectivity index is 0.00000192. The molecule has 0 bridgehead atoms. The molecule has 44 heavy (non-hydrogen) atoms. The number of likely N-dealkylation sites (N-methyl/N-ethyl adjacent to an activating group) is 1. The van der Waals surface area contributed by atoms with Crippen molar-refractivity contribution in [2.45, 2.75) is 25.4 Å². The summed E-state index contributed by atoms with van der Waals surface area (Å²) >= 11 is 6.68. The molecule has 0 radical (unpaired) electrons. The summed E-state index contributed by atoms with van der Waals surface area (Å²) in [6, 6.07) is 11.5. The van der Waals surface area contributed by atoms with E-state index >= 15 is 0 Å². The fourth-order valence-corrected chi connectivity index (χ4v) is 6.55. The number of hydrogen-bond acceptors (Lipinski definition) is 7. The highest BCUT2D eigenvalue weighted by Gasteiger charge is 2.28. The van der Waals surface area contributed by atoms with Gasteiger partial charge in [-0.3, -0.25) is 14.3 Å². The van der Waals surface area contributed by atoms with Crippen molar-refractivity contribution in [2.24, 2.45) is 0 Å². The van der Waals surface area contributed by atoms with Gasteiger partial charge in [0, 0.05) is 73.9 Å². The number of nitrogens with one attached hydrogen (secondary N) is 1. The number of nitrogens with zero attached hydrogens (tertiary/aromatic N) is 8. The minimum absolute atomic E-state index is 0. The van der Waals surface area contributed by atoms with Crippen molar-refractivity contribution in [1.82, 2.24) is 38.9 Å². The second-order valence-corrected chi connectivity index (χ2v) is 11.5. The fourth-order valence-electron chi connectivity index (χ4n) is 6.31. The molecule has 0 aliphatic carbocycles. The summed E-state index contributed by atoms with van der Waals surface area (Å²) in [7, 11) is 2.13. The summed E-state index contributed by atoms with van der Waals surface area (Å²) < 4.78 is 3.72. The van der Waals surface area contributed by atoms with Gasteiger partial charge in [0.1, 0.15) is 24.3 Å². The van der Waals surface area contributed by atoms with Gasteiger partial charge in [-0.2, -0.15) is 0 Å². The minimum Gasteiger partial charge on any atom is -0.353 e. The molecule has 232 valence electrons. The molecule has 14 heteroatoms. The molecule has 0 saturated carbocycles. The monoisotopic (exact) mass is 657 g/mol. The number of hydrogen-bond donors (Lipinski definition) is 1. The van der Waals surface area contributed by atoms with Crippen LogP contribution >= 0.6 is 36.4 Å². The summed E-state index contributed by atoms with van der Waals surface area (Å²) in [4.78, 5) is 49.3. The Morgan fingerprint density at radius 3 is 2.45 bits per heavy atom. The molecule has 0 spiro atoms. The molecule has 2 fully saturated rings. The highest BCUT2D eigenvalue weighted by atomic mass is 35.5. The van der Waals surface area contributed by atoms with Crippen LogP contribution in [0, 0.1) is 0 Å². The van der Waals surface area contributed by atoms with Gasteiger partial charge < -0.3 is 19.3 Å². The first-order valence-electron chi connectivity index (χ1n) is 14.3. The van der Waals surface area contributed by atoms with Crippen molar-refractivity contribution in [3.05, 3.63) is 70.6 Å².